The fourth-order valence-corrected chi connectivity index (χ4v) is 5.51. The van der Waals surface area contributed by atoms with Gasteiger partial charge in [0.25, 0.3) is 0 Å². The Morgan fingerprint density at radius 1 is 1.29 bits per heavy atom. The van der Waals surface area contributed by atoms with Crippen molar-refractivity contribution in [1.82, 2.24) is 4.98 Å². The fraction of sp³-hybridized carbons (Fsp3) is 0.538. The Balaban J connectivity index is 1.79. The van der Waals surface area contributed by atoms with Gasteiger partial charge in [-0.2, -0.15) is 0 Å². The first-order chi connectivity index (χ1) is 16.5. The Labute approximate surface area is 203 Å². The molecule has 1 aliphatic heterocycles. The number of aliphatic hydroxyl groups is 1. The second-order valence-corrected chi connectivity index (χ2v) is 9.78. The van der Waals surface area contributed by atoms with Crippen LogP contribution in [0.3, 0.4) is 0 Å². The van der Waals surface area contributed by atoms with Crippen LogP contribution in [-0.4, -0.2) is 39.3 Å². The van der Waals surface area contributed by atoms with Crippen LogP contribution in [0.2, 0.25) is 0 Å². The molecule has 35 heavy (non-hydrogen) atoms. The highest BCUT2D eigenvalue weighted by Gasteiger charge is 2.60. The quantitative estimate of drug-likeness (QED) is 0.633. The zero-order valence-electron chi connectivity index (χ0n) is 20.6. The van der Waals surface area contributed by atoms with E-state index >= 15 is 0 Å². The van der Waals surface area contributed by atoms with Crippen molar-refractivity contribution in [2.24, 2.45) is 11.8 Å². The van der Waals surface area contributed by atoms with E-state index < -0.39 is 46.9 Å². The Morgan fingerprint density at radius 3 is 2.63 bits per heavy atom. The summed E-state index contributed by atoms with van der Waals surface area (Å²) in [7, 11) is 0. The molecule has 4 rings (SSSR count). The van der Waals surface area contributed by atoms with Crippen LogP contribution >= 0.6 is 0 Å². The van der Waals surface area contributed by atoms with E-state index in [9.17, 15) is 19.5 Å². The van der Waals surface area contributed by atoms with Crippen LogP contribution in [0, 0.1) is 11.8 Å². The lowest BCUT2D eigenvalue weighted by Crippen LogP contribution is -2.62. The van der Waals surface area contributed by atoms with Crippen LogP contribution < -0.4 is 10.4 Å². The van der Waals surface area contributed by atoms with Crippen molar-refractivity contribution in [2.45, 2.75) is 77.3 Å². The van der Waals surface area contributed by atoms with Crippen molar-refractivity contribution in [3.8, 4) is 17.1 Å². The van der Waals surface area contributed by atoms with Gasteiger partial charge in [0.05, 0.1) is 6.10 Å². The first-order valence-electron chi connectivity index (χ1n) is 11.8. The summed E-state index contributed by atoms with van der Waals surface area (Å²) >= 11 is 0. The zero-order chi connectivity index (χ0) is 25.5. The van der Waals surface area contributed by atoms with Crippen LogP contribution in [0.5, 0.6) is 5.75 Å². The van der Waals surface area contributed by atoms with Gasteiger partial charge in [-0.3, -0.25) is 14.6 Å². The minimum absolute atomic E-state index is 0.0213. The molecule has 0 spiro atoms. The third-order valence-electron chi connectivity index (χ3n) is 7.57. The summed E-state index contributed by atoms with van der Waals surface area (Å²) in [5, 5.41) is 11.5. The molecular formula is C26H31NO8. The Morgan fingerprint density at radius 2 is 2.03 bits per heavy atom. The molecule has 2 aromatic heterocycles. The minimum Gasteiger partial charge on any atom is -0.482 e. The third-order valence-corrected chi connectivity index (χ3v) is 7.57. The molecule has 188 valence electrons. The maximum Gasteiger partial charge on any atom is 0.345 e. The molecule has 0 saturated heterocycles. The monoisotopic (exact) mass is 485 g/mol. The Kier molecular flexibility index (Phi) is 6.48. The van der Waals surface area contributed by atoms with Gasteiger partial charge in [0.1, 0.15) is 34.4 Å². The summed E-state index contributed by atoms with van der Waals surface area (Å²) in [5.74, 6) is -1.34. The predicted octanol–water partition coefficient (Wildman–Crippen LogP) is 3.58. The maximum atomic E-state index is 13.0. The van der Waals surface area contributed by atoms with E-state index in [1.54, 1.807) is 37.5 Å². The van der Waals surface area contributed by atoms with Crippen LogP contribution in [0.1, 0.15) is 65.5 Å². The van der Waals surface area contributed by atoms with Crippen molar-refractivity contribution >= 4 is 11.9 Å². The van der Waals surface area contributed by atoms with E-state index in [-0.39, 0.29) is 23.0 Å². The van der Waals surface area contributed by atoms with E-state index in [1.807, 2.05) is 13.8 Å². The number of pyridine rings is 1. The summed E-state index contributed by atoms with van der Waals surface area (Å²) in [6.07, 6.45) is 2.46. The van der Waals surface area contributed by atoms with Gasteiger partial charge in [-0.15, -0.1) is 0 Å². The predicted molar refractivity (Wildman–Crippen MR) is 124 cm³/mol. The third kappa shape index (κ3) is 4.45. The van der Waals surface area contributed by atoms with Gasteiger partial charge in [0, 0.05) is 49.7 Å². The lowest BCUT2D eigenvalue weighted by atomic mass is 9.61. The van der Waals surface area contributed by atoms with Gasteiger partial charge < -0.3 is 23.7 Å². The second kappa shape index (κ2) is 9.11. The normalized spacial score (nSPS) is 29.1. The molecule has 0 aromatic carbocycles. The molecule has 9 heteroatoms. The Hall–Kier alpha value is -3.20. The first-order valence-corrected chi connectivity index (χ1v) is 11.8. The summed E-state index contributed by atoms with van der Waals surface area (Å²) in [6, 6.07) is 5.02. The van der Waals surface area contributed by atoms with Crippen LogP contribution in [0.4, 0.5) is 0 Å². The van der Waals surface area contributed by atoms with Gasteiger partial charge >= 0.3 is 17.6 Å². The molecule has 3 heterocycles. The highest BCUT2D eigenvalue weighted by Crippen LogP contribution is 2.54. The SMILES string of the molecule is CC[C@](C)(OC(C)=O)[C@@H]1C[C@H](OC(C)=O)[C@@]2(C)Oc3cc(-c4cccnc4)oc(=O)c3[C@@H](O)[C@@H]2C1. The van der Waals surface area contributed by atoms with E-state index in [4.69, 9.17) is 18.6 Å². The maximum absolute atomic E-state index is 13.0. The topological polar surface area (TPSA) is 125 Å². The van der Waals surface area contributed by atoms with Crippen LogP contribution in [0.25, 0.3) is 11.3 Å². The molecule has 1 saturated carbocycles. The first kappa shape index (κ1) is 24.9. The number of aliphatic hydroxyl groups excluding tert-OH is 1. The fourth-order valence-electron chi connectivity index (χ4n) is 5.51. The van der Waals surface area contributed by atoms with Gasteiger partial charge in [-0.1, -0.05) is 6.92 Å². The molecular weight excluding hydrogens is 454 g/mol. The van der Waals surface area contributed by atoms with E-state index in [0.717, 1.165) is 0 Å². The van der Waals surface area contributed by atoms with Crippen molar-refractivity contribution < 1.29 is 33.3 Å². The smallest absolute Gasteiger partial charge is 0.345 e. The number of fused-ring (bicyclic) bond motifs is 2. The number of hydrogen-bond acceptors (Lipinski definition) is 9. The van der Waals surface area contributed by atoms with E-state index in [0.29, 0.717) is 24.8 Å². The summed E-state index contributed by atoms with van der Waals surface area (Å²) in [6.45, 7) is 8.20. The lowest BCUT2D eigenvalue weighted by Gasteiger charge is -2.54. The standard InChI is InChI=1S/C26H31NO8/c1-6-25(4,34-15(3)29)17-10-18-23(30)22-20(35-26(18,5)21(11-17)32-14(2)28)12-19(33-24(22)31)16-8-7-9-27-13-16/h7-9,12-13,17-18,21,23,30H,6,10-11H2,1-5H3/t17-,18-,21-,23-,25-,26-/m0/s1. The second-order valence-electron chi connectivity index (χ2n) is 9.78. The number of carbonyl (C=O) groups is 2. The zero-order valence-corrected chi connectivity index (χ0v) is 20.6. The molecule has 1 N–H and O–H groups in total. The number of carbonyl (C=O) groups excluding carboxylic acids is 2. The molecule has 1 fully saturated rings. The number of hydrogen-bond donors (Lipinski definition) is 1. The largest absolute Gasteiger partial charge is 0.482 e. The molecule has 1 aliphatic carbocycles. The van der Waals surface area contributed by atoms with Crippen molar-refractivity contribution in [3.63, 3.8) is 0 Å². The molecule has 9 nitrogen and oxygen atoms in total. The highest BCUT2D eigenvalue weighted by atomic mass is 16.6. The summed E-state index contributed by atoms with van der Waals surface area (Å²) in [4.78, 5) is 41.0. The molecule has 2 aromatic rings. The average molecular weight is 486 g/mol. The molecule has 0 amide bonds. The van der Waals surface area contributed by atoms with E-state index in [1.165, 1.54) is 13.8 Å². The molecule has 0 radical (unpaired) electrons. The average Bonchev–Trinajstić information content (AvgIpc) is 2.79. The van der Waals surface area contributed by atoms with Crippen LogP contribution in [0.15, 0.2) is 39.8 Å². The van der Waals surface area contributed by atoms with Gasteiger partial charge in [-0.25, -0.2) is 4.79 Å². The number of nitrogens with zero attached hydrogens (tertiary/aromatic N) is 1. The Bertz CT molecular complexity index is 1180. The van der Waals surface area contributed by atoms with Crippen molar-refractivity contribution in [1.29, 1.82) is 0 Å². The minimum atomic E-state index is -1.23. The summed E-state index contributed by atoms with van der Waals surface area (Å²) in [5.41, 5.74) is -2.08. The number of rotatable bonds is 5. The van der Waals surface area contributed by atoms with Crippen molar-refractivity contribution in [2.75, 3.05) is 0 Å². The molecule has 0 unspecified atom stereocenters. The van der Waals surface area contributed by atoms with Crippen LogP contribution in [-0.2, 0) is 19.1 Å². The van der Waals surface area contributed by atoms with Crippen molar-refractivity contribution in [3.05, 3.63) is 46.6 Å². The summed E-state index contributed by atoms with van der Waals surface area (Å²) < 4.78 is 23.3. The number of ether oxygens (including phenoxy) is 3. The number of esters is 2. The van der Waals surface area contributed by atoms with Gasteiger partial charge in [0.2, 0.25) is 0 Å². The molecule has 2 aliphatic rings. The molecule has 0 bridgehead atoms. The van der Waals surface area contributed by atoms with E-state index in [2.05, 4.69) is 4.98 Å². The van der Waals surface area contributed by atoms with Gasteiger partial charge in [-0.05, 0) is 45.2 Å². The highest BCUT2D eigenvalue weighted by molar-refractivity contribution is 5.67. The molecule has 6 atom stereocenters. The van der Waals surface area contributed by atoms with Gasteiger partial charge in [0.15, 0.2) is 0 Å². The lowest BCUT2D eigenvalue weighted by molar-refractivity contribution is -0.209. The number of aromatic nitrogens is 1.